The highest BCUT2D eigenvalue weighted by atomic mass is 79.9. The van der Waals surface area contributed by atoms with E-state index < -0.39 is 0 Å². The average molecular weight is 288 g/mol. The monoisotopic (exact) mass is 287 g/mol. The number of ether oxygens (including phenoxy) is 1. The third-order valence-corrected chi connectivity index (χ3v) is 3.12. The van der Waals surface area contributed by atoms with Crippen molar-refractivity contribution < 1.29 is 13.9 Å². The lowest BCUT2D eigenvalue weighted by Gasteiger charge is -2.18. The first-order valence-electron chi connectivity index (χ1n) is 4.90. The van der Waals surface area contributed by atoms with Crippen molar-refractivity contribution in [2.75, 3.05) is 18.6 Å². The zero-order chi connectivity index (χ0) is 11.7. The molecule has 1 aromatic carbocycles. The summed E-state index contributed by atoms with van der Waals surface area (Å²) >= 11 is 3.38. The van der Waals surface area contributed by atoms with Crippen molar-refractivity contribution in [2.45, 2.75) is 11.2 Å². The van der Waals surface area contributed by atoms with Crippen molar-refractivity contribution in [3.63, 3.8) is 0 Å². The summed E-state index contributed by atoms with van der Waals surface area (Å²) in [6.07, 6.45) is 0.430. The Bertz CT molecular complexity index is 424. The molecule has 16 heavy (non-hydrogen) atoms. The van der Waals surface area contributed by atoms with Gasteiger partial charge in [-0.2, -0.15) is 0 Å². The van der Waals surface area contributed by atoms with Crippen LogP contribution in [-0.2, 0) is 4.79 Å². The highest BCUT2D eigenvalue weighted by molar-refractivity contribution is 9.09. The van der Waals surface area contributed by atoms with E-state index in [1.807, 2.05) is 0 Å². The van der Waals surface area contributed by atoms with E-state index in [4.69, 9.17) is 4.74 Å². The van der Waals surface area contributed by atoms with Crippen LogP contribution in [0.5, 0.6) is 5.75 Å². The van der Waals surface area contributed by atoms with Crippen LogP contribution < -0.4 is 9.64 Å². The molecule has 0 aromatic heterocycles. The minimum Gasteiger partial charge on any atom is -0.495 e. The van der Waals surface area contributed by atoms with E-state index in [1.54, 1.807) is 4.90 Å². The summed E-state index contributed by atoms with van der Waals surface area (Å²) in [6.45, 7) is 0.540. The highest BCUT2D eigenvalue weighted by Crippen LogP contribution is 2.33. The van der Waals surface area contributed by atoms with E-state index in [0.29, 0.717) is 24.4 Å². The molecule has 1 aliphatic heterocycles. The topological polar surface area (TPSA) is 29.5 Å². The molecule has 1 aromatic rings. The second-order valence-electron chi connectivity index (χ2n) is 3.62. The maximum absolute atomic E-state index is 13.2. The highest BCUT2D eigenvalue weighted by Gasteiger charge is 2.30. The number of benzene rings is 1. The predicted octanol–water partition coefficient (Wildman–Crippen LogP) is 2.33. The number of rotatable bonds is 2. The fourth-order valence-corrected chi connectivity index (χ4v) is 2.34. The molecule has 2 rings (SSSR count). The van der Waals surface area contributed by atoms with Crippen LogP contribution in [0, 0.1) is 5.82 Å². The van der Waals surface area contributed by atoms with E-state index in [9.17, 15) is 9.18 Å². The van der Waals surface area contributed by atoms with Crippen LogP contribution >= 0.6 is 15.9 Å². The maximum atomic E-state index is 13.2. The lowest BCUT2D eigenvalue weighted by atomic mass is 10.2. The van der Waals surface area contributed by atoms with E-state index in [1.165, 1.54) is 25.3 Å². The molecule has 1 fully saturated rings. The van der Waals surface area contributed by atoms with E-state index in [2.05, 4.69) is 15.9 Å². The molecule has 1 amide bonds. The number of nitrogens with zero attached hydrogens (tertiary/aromatic N) is 1. The SMILES string of the molecule is COc1ccc(F)cc1N1CC(Br)CC1=O. The number of halogens is 2. The zero-order valence-electron chi connectivity index (χ0n) is 8.74. The molecular formula is C11H11BrFNO2. The first-order valence-corrected chi connectivity index (χ1v) is 5.81. The van der Waals surface area contributed by atoms with Crippen LogP contribution in [0.3, 0.4) is 0 Å². The smallest absolute Gasteiger partial charge is 0.228 e. The largest absolute Gasteiger partial charge is 0.495 e. The average Bonchev–Trinajstić information content (AvgIpc) is 2.57. The van der Waals surface area contributed by atoms with Gasteiger partial charge in [-0.05, 0) is 12.1 Å². The number of carbonyl (C=O) groups is 1. The van der Waals surface area contributed by atoms with E-state index >= 15 is 0 Å². The van der Waals surface area contributed by atoms with Gasteiger partial charge in [0.1, 0.15) is 11.6 Å². The van der Waals surface area contributed by atoms with Crippen molar-refractivity contribution >= 4 is 27.5 Å². The molecule has 1 heterocycles. The molecule has 0 aliphatic carbocycles. The number of alkyl halides is 1. The van der Waals surface area contributed by atoms with Gasteiger partial charge in [0.25, 0.3) is 0 Å². The standard InChI is InChI=1S/C11H11BrFNO2/c1-16-10-3-2-8(13)5-9(10)14-6-7(12)4-11(14)15/h2-3,5,7H,4,6H2,1H3. The summed E-state index contributed by atoms with van der Waals surface area (Å²) < 4.78 is 18.3. The fourth-order valence-electron chi connectivity index (χ4n) is 1.77. The van der Waals surface area contributed by atoms with Crippen molar-refractivity contribution in [2.24, 2.45) is 0 Å². The second kappa shape index (κ2) is 4.41. The van der Waals surface area contributed by atoms with Crippen LogP contribution in [0.15, 0.2) is 18.2 Å². The summed E-state index contributed by atoms with van der Waals surface area (Å²) in [5, 5.41) is 0. The van der Waals surface area contributed by atoms with Crippen LogP contribution in [-0.4, -0.2) is 24.4 Å². The van der Waals surface area contributed by atoms with Crippen LogP contribution in [0.4, 0.5) is 10.1 Å². The summed E-state index contributed by atoms with van der Waals surface area (Å²) in [4.78, 5) is 13.3. The molecule has 0 saturated carbocycles. The van der Waals surface area contributed by atoms with Gasteiger partial charge in [-0.15, -0.1) is 0 Å². The van der Waals surface area contributed by atoms with Gasteiger partial charge >= 0.3 is 0 Å². The lowest BCUT2D eigenvalue weighted by Crippen LogP contribution is -2.25. The van der Waals surface area contributed by atoms with Crippen molar-refractivity contribution in [3.05, 3.63) is 24.0 Å². The summed E-state index contributed by atoms with van der Waals surface area (Å²) in [7, 11) is 1.50. The molecule has 0 radical (unpaired) electrons. The summed E-state index contributed by atoms with van der Waals surface area (Å²) in [5.41, 5.74) is 0.495. The first kappa shape index (κ1) is 11.4. The normalized spacial score (nSPS) is 20.3. The molecule has 5 heteroatoms. The zero-order valence-corrected chi connectivity index (χ0v) is 10.3. The molecule has 3 nitrogen and oxygen atoms in total. The Labute approximate surface area is 101 Å². The van der Waals surface area contributed by atoms with Gasteiger partial charge in [0.05, 0.1) is 12.8 Å². The molecule has 86 valence electrons. The van der Waals surface area contributed by atoms with Gasteiger partial charge in [0.15, 0.2) is 0 Å². The van der Waals surface area contributed by atoms with Gasteiger partial charge in [-0.3, -0.25) is 4.79 Å². The first-order chi connectivity index (χ1) is 7.61. The Kier molecular flexibility index (Phi) is 3.14. The molecule has 1 atom stereocenters. The van der Waals surface area contributed by atoms with Crippen LogP contribution in [0.1, 0.15) is 6.42 Å². The van der Waals surface area contributed by atoms with Gasteiger partial charge in [0.2, 0.25) is 5.91 Å². The summed E-state index contributed by atoms with van der Waals surface area (Å²) in [6, 6.07) is 4.16. The predicted molar refractivity (Wildman–Crippen MR) is 62.6 cm³/mol. The molecule has 0 bridgehead atoms. The quantitative estimate of drug-likeness (QED) is 0.782. The van der Waals surface area contributed by atoms with Gasteiger partial charge in [-0.1, -0.05) is 15.9 Å². The Morgan fingerprint density at radius 1 is 1.56 bits per heavy atom. The fraction of sp³-hybridized carbons (Fsp3) is 0.364. The Morgan fingerprint density at radius 3 is 2.88 bits per heavy atom. The molecule has 1 unspecified atom stereocenters. The van der Waals surface area contributed by atoms with Crippen molar-refractivity contribution in [1.29, 1.82) is 0 Å². The van der Waals surface area contributed by atoms with Crippen LogP contribution in [0.25, 0.3) is 0 Å². The number of hydrogen-bond donors (Lipinski definition) is 0. The third kappa shape index (κ3) is 2.04. The van der Waals surface area contributed by atoms with E-state index in [0.717, 1.165) is 0 Å². The second-order valence-corrected chi connectivity index (χ2v) is 4.92. The number of amides is 1. The minimum atomic E-state index is -0.373. The van der Waals surface area contributed by atoms with Crippen molar-refractivity contribution in [3.8, 4) is 5.75 Å². The summed E-state index contributed by atoms with van der Waals surface area (Å²) in [5.74, 6) is 0.115. The number of hydrogen-bond acceptors (Lipinski definition) is 2. The van der Waals surface area contributed by atoms with E-state index in [-0.39, 0.29) is 16.6 Å². The Balaban J connectivity index is 2.39. The minimum absolute atomic E-state index is 0.0224. The van der Waals surface area contributed by atoms with Crippen molar-refractivity contribution in [1.82, 2.24) is 0 Å². The molecule has 1 saturated heterocycles. The number of methoxy groups -OCH3 is 1. The molecule has 0 spiro atoms. The molecular weight excluding hydrogens is 277 g/mol. The third-order valence-electron chi connectivity index (χ3n) is 2.51. The molecule has 0 N–H and O–H groups in total. The van der Waals surface area contributed by atoms with Crippen LogP contribution in [0.2, 0.25) is 0 Å². The lowest BCUT2D eigenvalue weighted by molar-refractivity contribution is -0.117. The number of carbonyl (C=O) groups excluding carboxylic acids is 1. The van der Waals surface area contributed by atoms with Gasteiger partial charge in [0, 0.05) is 23.9 Å². The van der Waals surface area contributed by atoms with Gasteiger partial charge < -0.3 is 9.64 Å². The van der Waals surface area contributed by atoms with Gasteiger partial charge in [-0.25, -0.2) is 4.39 Å². The molecule has 1 aliphatic rings. The Morgan fingerprint density at radius 2 is 2.31 bits per heavy atom. The number of anilines is 1. The maximum Gasteiger partial charge on any atom is 0.228 e. The Hall–Kier alpha value is -1.10.